The molecule has 2 aromatic rings. The third-order valence-corrected chi connectivity index (χ3v) is 5.61. The van der Waals surface area contributed by atoms with E-state index in [1.165, 1.54) is 24.3 Å². The van der Waals surface area contributed by atoms with Crippen molar-refractivity contribution in [2.75, 3.05) is 11.9 Å². The smallest absolute Gasteiger partial charge is 0.407 e. The van der Waals surface area contributed by atoms with Crippen molar-refractivity contribution in [3.63, 3.8) is 0 Å². The van der Waals surface area contributed by atoms with Crippen molar-refractivity contribution >= 4 is 17.8 Å². The van der Waals surface area contributed by atoms with E-state index in [0.29, 0.717) is 23.8 Å². The van der Waals surface area contributed by atoms with E-state index in [0.717, 1.165) is 25.0 Å². The number of carbonyl (C=O) groups excluding carboxylic acids is 1. The number of hydrogen-bond acceptors (Lipinski definition) is 3. The van der Waals surface area contributed by atoms with Gasteiger partial charge in [-0.05, 0) is 67.0 Å². The van der Waals surface area contributed by atoms with Crippen LogP contribution in [0.15, 0.2) is 42.5 Å². The number of carboxylic acid groups (broad SMARTS) is 1. The fourth-order valence-electron chi connectivity index (χ4n) is 4.02. The summed E-state index contributed by atoms with van der Waals surface area (Å²) >= 11 is 0. The Hall–Kier alpha value is -2.96. The highest BCUT2D eigenvalue weighted by molar-refractivity contribution is 6.03. The van der Waals surface area contributed by atoms with Crippen LogP contribution in [0.4, 0.5) is 15.0 Å². The van der Waals surface area contributed by atoms with Crippen molar-refractivity contribution in [1.29, 1.82) is 0 Å². The molecule has 0 aliphatic carbocycles. The Morgan fingerprint density at radius 2 is 1.90 bits per heavy atom. The minimum atomic E-state index is -0.864. The SMILES string of the molecule is CC(C)(C)C1CC(Cc2cccc(NC(=O)c3ccc(F)cc3)n2)CCN1C(=O)O. The van der Waals surface area contributed by atoms with Gasteiger partial charge in [-0.15, -0.1) is 0 Å². The third kappa shape index (κ3) is 5.34. The molecule has 2 atom stereocenters. The topological polar surface area (TPSA) is 82.5 Å². The zero-order chi connectivity index (χ0) is 21.9. The molecule has 1 aliphatic rings. The quantitative estimate of drug-likeness (QED) is 0.753. The Morgan fingerprint density at radius 3 is 2.53 bits per heavy atom. The van der Waals surface area contributed by atoms with Gasteiger partial charge in [0.15, 0.2) is 0 Å². The molecule has 1 fully saturated rings. The molecule has 2 unspecified atom stereocenters. The van der Waals surface area contributed by atoms with Gasteiger partial charge < -0.3 is 15.3 Å². The fourth-order valence-corrected chi connectivity index (χ4v) is 4.02. The second-order valence-corrected chi connectivity index (χ2v) is 8.93. The van der Waals surface area contributed by atoms with Gasteiger partial charge in [-0.25, -0.2) is 14.2 Å². The highest BCUT2D eigenvalue weighted by Gasteiger charge is 2.38. The molecule has 2 N–H and O–H groups in total. The lowest BCUT2D eigenvalue weighted by molar-refractivity contribution is 0.0405. The van der Waals surface area contributed by atoms with Gasteiger partial charge in [0.1, 0.15) is 11.6 Å². The summed E-state index contributed by atoms with van der Waals surface area (Å²) in [7, 11) is 0. The lowest BCUT2D eigenvalue weighted by Crippen LogP contribution is -2.51. The number of nitrogens with one attached hydrogen (secondary N) is 1. The number of carbonyl (C=O) groups is 2. The summed E-state index contributed by atoms with van der Waals surface area (Å²) in [6.45, 7) is 6.72. The van der Waals surface area contributed by atoms with E-state index < -0.39 is 11.9 Å². The third-order valence-electron chi connectivity index (χ3n) is 5.61. The molecule has 30 heavy (non-hydrogen) atoms. The van der Waals surface area contributed by atoms with Crippen molar-refractivity contribution in [2.45, 2.75) is 46.1 Å². The van der Waals surface area contributed by atoms with Crippen molar-refractivity contribution in [3.05, 3.63) is 59.5 Å². The monoisotopic (exact) mass is 413 g/mol. The van der Waals surface area contributed by atoms with Crippen LogP contribution in [0.25, 0.3) is 0 Å². The van der Waals surface area contributed by atoms with E-state index >= 15 is 0 Å². The molecule has 1 aromatic carbocycles. The van der Waals surface area contributed by atoms with Crippen LogP contribution in [0.3, 0.4) is 0 Å². The molecule has 1 aromatic heterocycles. The summed E-state index contributed by atoms with van der Waals surface area (Å²) in [6, 6.07) is 10.8. The largest absolute Gasteiger partial charge is 0.465 e. The minimum absolute atomic E-state index is 0.0462. The maximum atomic E-state index is 13.0. The lowest BCUT2D eigenvalue weighted by Gasteiger charge is -2.44. The maximum absolute atomic E-state index is 13.0. The van der Waals surface area contributed by atoms with Gasteiger partial charge in [-0.3, -0.25) is 4.79 Å². The van der Waals surface area contributed by atoms with Gasteiger partial charge in [0, 0.05) is 23.8 Å². The molecule has 7 heteroatoms. The van der Waals surface area contributed by atoms with E-state index in [-0.39, 0.29) is 17.4 Å². The van der Waals surface area contributed by atoms with Gasteiger partial charge >= 0.3 is 6.09 Å². The zero-order valence-corrected chi connectivity index (χ0v) is 17.6. The van der Waals surface area contributed by atoms with Crippen LogP contribution in [0.2, 0.25) is 0 Å². The number of amides is 2. The summed E-state index contributed by atoms with van der Waals surface area (Å²) in [4.78, 5) is 30.1. The Labute approximate surface area is 176 Å². The number of hydrogen-bond donors (Lipinski definition) is 2. The average Bonchev–Trinajstić information content (AvgIpc) is 2.68. The number of likely N-dealkylation sites (tertiary alicyclic amines) is 1. The number of pyridine rings is 1. The highest BCUT2D eigenvalue weighted by atomic mass is 19.1. The first-order valence-electron chi connectivity index (χ1n) is 10.2. The van der Waals surface area contributed by atoms with Gasteiger partial charge in [-0.1, -0.05) is 26.8 Å². The van der Waals surface area contributed by atoms with E-state index in [1.54, 1.807) is 11.0 Å². The molecule has 1 aliphatic heterocycles. The molecule has 160 valence electrons. The summed E-state index contributed by atoms with van der Waals surface area (Å²) in [5.74, 6) is 0.0222. The molecular formula is C23H28FN3O3. The maximum Gasteiger partial charge on any atom is 0.407 e. The Morgan fingerprint density at radius 1 is 1.20 bits per heavy atom. The minimum Gasteiger partial charge on any atom is -0.465 e. The molecule has 0 bridgehead atoms. The number of halogens is 1. The molecule has 6 nitrogen and oxygen atoms in total. The Balaban J connectivity index is 1.67. The summed E-state index contributed by atoms with van der Waals surface area (Å²) in [5, 5.41) is 12.3. The number of benzene rings is 1. The molecule has 2 heterocycles. The van der Waals surface area contributed by atoms with Gasteiger partial charge in [0.25, 0.3) is 5.91 Å². The number of nitrogens with zero attached hydrogens (tertiary/aromatic N) is 2. The van der Waals surface area contributed by atoms with Crippen molar-refractivity contribution < 1.29 is 19.1 Å². The molecule has 0 radical (unpaired) electrons. The van der Waals surface area contributed by atoms with Crippen molar-refractivity contribution in [3.8, 4) is 0 Å². The molecule has 0 saturated carbocycles. The van der Waals surface area contributed by atoms with E-state index in [1.807, 2.05) is 12.1 Å². The Kier molecular flexibility index (Phi) is 6.39. The van der Waals surface area contributed by atoms with Crippen LogP contribution in [0.5, 0.6) is 0 Å². The first kappa shape index (κ1) is 21.7. The molecule has 2 amide bonds. The molecular weight excluding hydrogens is 385 g/mol. The predicted octanol–water partition coefficient (Wildman–Crippen LogP) is 4.82. The second kappa shape index (κ2) is 8.81. The summed E-state index contributed by atoms with van der Waals surface area (Å²) in [5.41, 5.74) is 1.07. The molecule has 1 saturated heterocycles. The zero-order valence-electron chi connectivity index (χ0n) is 17.6. The average molecular weight is 413 g/mol. The van der Waals surface area contributed by atoms with Crippen LogP contribution in [-0.2, 0) is 6.42 Å². The van der Waals surface area contributed by atoms with Crippen LogP contribution in [0.1, 0.15) is 49.7 Å². The number of aromatic nitrogens is 1. The summed E-state index contributed by atoms with van der Waals surface area (Å²) < 4.78 is 13.0. The Bertz CT molecular complexity index is 909. The molecule has 0 spiro atoms. The number of piperidine rings is 1. The van der Waals surface area contributed by atoms with Crippen molar-refractivity contribution in [1.82, 2.24) is 9.88 Å². The van der Waals surface area contributed by atoms with Gasteiger partial charge in [0.05, 0.1) is 0 Å². The predicted molar refractivity (Wildman–Crippen MR) is 113 cm³/mol. The van der Waals surface area contributed by atoms with Gasteiger partial charge in [0.2, 0.25) is 0 Å². The highest BCUT2D eigenvalue weighted by Crippen LogP contribution is 2.35. The second-order valence-electron chi connectivity index (χ2n) is 8.93. The lowest BCUT2D eigenvalue weighted by atomic mass is 9.76. The normalized spacial score (nSPS) is 19.4. The van der Waals surface area contributed by atoms with Gasteiger partial charge in [-0.2, -0.15) is 0 Å². The standard InChI is InChI=1S/C23H28FN3O3/c1-23(2,3)19-14-15(11-12-27(19)22(29)30)13-18-5-4-6-20(25-18)26-21(28)16-7-9-17(24)10-8-16/h4-10,15,19H,11-14H2,1-3H3,(H,29,30)(H,25,26,28). The van der Waals surface area contributed by atoms with Crippen LogP contribution < -0.4 is 5.32 Å². The molecule has 3 rings (SSSR count). The van der Waals surface area contributed by atoms with E-state index in [2.05, 4.69) is 31.1 Å². The van der Waals surface area contributed by atoms with Crippen LogP contribution >= 0.6 is 0 Å². The number of anilines is 1. The summed E-state index contributed by atoms with van der Waals surface area (Å²) in [6.07, 6.45) is 1.42. The first-order chi connectivity index (χ1) is 14.1. The van der Waals surface area contributed by atoms with Crippen molar-refractivity contribution in [2.24, 2.45) is 11.3 Å². The first-order valence-corrected chi connectivity index (χ1v) is 10.2. The number of rotatable bonds is 4. The fraction of sp³-hybridized carbons (Fsp3) is 0.435. The van der Waals surface area contributed by atoms with E-state index in [4.69, 9.17) is 0 Å². The van der Waals surface area contributed by atoms with E-state index in [9.17, 15) is 19.1 Å². The van der Waals surface area contributed by atoms with Crippen LogP contribution in [0, 0.1) is 17.2 Å². The van der Waals surface area contributed by atoms with Crippen LogP contribution in [-0.4, -0.2) is 39.6 Å².